The van der Waals surface area contributed by atoms with Gasteiger partial charge >= 0.3 is 0 Å². The van der Waals surface area contributed by atoms with Crippen molar-refractivity contribution >= 4 is 33.0 Å². The third kappa shape index (κ3) is 4.91. The zero-order valence-electron chi connectivity index (χ0n) is 20.6. The van der Waals surface area contributed by atoms with Crippen LogP contribution in [-0.4, -0.2) is 40.1 Å². The number of benzene rings is 3. The van der Waals surface area contributed by atoms with Crippen molar-refractivity contribution in [3.63, 3.8) is 0 Å². The maximum atomic E-state index is 13.6. The predicted molar refractivity (Wildman–Crippen MR) is 142 cm³/mol. The number of carbonyl (C=O) groups excluding carboxylic acids is 1. The molecular formula is C28H31N3O4S. The van der Waals surface area contributed by atoms with Crippen molar-refractivity contribution in [1.82, 2.24) is 0 Å². The van der Waals surface area contributed by atoms with Crippen LogP contribution < -0.4 is 19.3 Å². The number of carbonyl (C=O) groups is 1. The number of rotatable bonds is 5. The Morgan fingerprint density at radius 1 is 0.889 bits per heavy atom. The highest BCUT2D eigenvalue weighted by molar-refractivity contribution is 7.92. The van der Waals surface area contributed by atoms with Crippen LogP contribution in [-0.2, 0) is 14.8 Å². The second kappa shape index (κ2) is 9.85. The van der Waals surface area contributed by atoms with Crippen molar-refractivity contribution in [2.45, 2.75) is 44.1 Å². The third-order valence-electron chi connectivity index (χ3n) is 6.74. The molecule has 0 bridgehead atoms. The first-order valence-corrected chi connectivity index (χ1v) is 13.8. The summed E-state index contributed by atoms with van der Waals surface area (Å²) < 4.78 is 34.5. The summed E-state index contributed by atoms with van der Waals surface area (Å²) in [7, 11) is -3.89. The van der Waals surface area contributed by atoms with Crippen LogP contribution in [0.2, 0.25) is 0 Å². The molecule has 5 rings (SSSR count). The number of hydrogen-bond acceptors (Lipinski definition) is 5. The molecule has 1 atom stereocenters. The summed E-state index contributed by atoms with van der Waals surface area (Å²) in [4.78, 5) is 15.8. The highest BCUT2D eigenvalue weighted by Gasteiger charge is 2.37. The minimum Gasteiger partial charge on any atom is -0.476 e. The van der Waals surface area contributed by atoms with Gasteiger partial charge < -0.3 is 15.0 Å². The van der Waals surface area contributed by atoms with Crippen LogP contribution in [0.4, 0.5) is 17.1 Å². The second-order valence-corrected chi connectivity index (χ2v) is 11.4. The fourth-order valence-electron chi connectivity index (χ4n) is 4.69. The minimum atomic E-state index is -3.89. The van der Waals surface area contributed by atoms with Crippen molar-refractivity contribution in [2.24, 2.45) is 0 Å². The van der Waals surface area contributed by atoms with E-state index >= 15 is 0 Å². The first kappa shape index (κ1) is 24.2. The summed E-state index contributed by atoms with van der Waals surface area (Å²) in [5.41, 5.74) is 4.09. The van der Waals surface area contributed by atoms with E-state index in [2.05, 4.69) is 10.2 Å². The smallest absolute Gasteiger partial charge is 0.267 e. The van der Waals surface area contributed by atoms with Gasteiger partial charge in [0.05, 0.1) is 17.1 Å². The van der Waals surface area contributed by atoms with E-state index in [1.807, 2.05) is 44.2 Å². The Balaban J connectivity index is 1.38. The number of ether oxygens (including phenoxy) is 1. The lowest BCUT2D eigenvalue weighted by atomic mass is 10.1. The molecule has 1 amide bonds. The van der Waals surface area contributed by atoms with E-state index in [1.165, 1.54) is 23.6 Å². The van der Waals surface area contributed by atoms with Gasteiger partial charge in [0, 0.05) is 24.5 Å². The van der Waals surface area contributed by atoms with Gasteiger partial charge in [0.1, 0.15) is 5.75 Å². The number of piperidine rings is 1. The van der Waals surface area contributed by atoms with Crippen LogP contribution in [0.25, 0.3) is 0 Å². The number of nitrogens with zero attached hydrogens (tertiary/aromatic N) is 2. The highest BCUT2D eigenvalue weighted by atomic mass is 32.2. The van der Waals surface area contributed by atoms with Crippen LogP contribution in [0.15, 0.2) is 71.6 Å². The second-order valence-electron chi connectivity index (χ2n) is 9.51. The van der Waals surface area contributed by atoms with Gasteiger partial charge in [0.25, 0.3) is 15.9 Å². The summed E-state index contributed by atoms with van der Waals surface area (Å²) in [5.74, 6) is -0.0190. The molecule has 8 heteroatoms. The quantitative estimate of drug-likeness (QED) is 0.534. The fraction of sp³-hybridized carbons (Fsp3) is 0.321. The molecule has 7 nitrogen and oxygen atoms in total. The number of nitrogens with one attached hydrogen (secondary N) is 1. The standard InChI is InChI=1S/C28H31N3O4S/c1-20-6-13-24(14-7-20)36(33,34)31-19-27(35-26-18-21(2)8-15-25(26)31)28(32)29-22-9-11-23(12-10-22)30-16-4-3-5-17-30/h6-15,18,27H,3-5,16-17,19H2,1-2H3,(H,29,32). The Labute approximate surface area is 212 Å². The van der Waals surface area contributed by atoms with Crippen molar-refractivity contribution in [2.75, 3.05) is 34.2 Å². The van der Waals surface area contributed by atoms with Gasteiger partial charge in [-0.15, -0.1) is 0 Å². The van der Waals surface area contributed by atoms with Crippen LogP contribution in [0.1, 0.15) is 30.4 Å². The summed E-state index contributed by atoms with van der Waals surface area (Å²) in [6, 6.07) is 19.8. The highest BCUT2D eigenvalue weighted by Crippen LogP contribution is 2.38. The monoisotopic (exact) mass is 505 g/mol. The lowest BCUT2D eigenvalue weighted by molar-refractivity contribution is -0.122. The number of hydrogen-bond donors (Lipinski definition) is 1. The SMILES string of the molecule is Cc1ccc(S(=O)(=O)N2CC(C(=O)Nc3ccc(N4CCCCC4)cc3)Oc3cc(C)ccc32)cc1. The molecule has 3 aromatic rings. The fourth-order valence-corrected chi connectivity index (χ4v) is 6.17. The molecule has 2 aliphatic heterocycles. The van der Waals surface area contributed by atoms with E-state index in [-0.39, 0.29) is 11.4 Å². The van der Waals surface area contributed by atoms with Gasteiger partial charge in [-0.3, -0.25) is 9.10 Å². The Hall–Kier alpha value is -3.52. The van der Waals surface area contributed by atoms with Gasteiger partial charge in [0.15, 0.2) is 6.10 Å². The van der Waals surface area contributed by atoms with Crippen LogP contribution in [0.3, 0.4) is 0 Å². The molecule has 1 N–H and O–H groups in total. The van der Waals surface area contributed by atoms with E-state index in [0.29, 0.717) is 17.1 Å². The van der Waals surface area contributed by atoms with Crippen molar-refractivity contribution in [3.05, 3.63) is 77.9 Å². The van der Waals surface area contributed by atoms with Crippen molar-refractivity contribution in [1.29, 1.82) is 0 Å². The summed E-state index contributed by atoms with van der Waals surface area (Å²) in [5, 5.41) is 2.90. The van der Waals surface area contributed by atoms with Gasteiger partial charge in [-0.1, -0.05) is 23.8 Å². The van der Waals surface area contributed by atoms with Gasteiger partial charge in [-0.05, 0) is 87.2 Å². The third-order valence-corrected chi connectivity index (χ3v) is 8.54. The van der Waals surface area contributed by atoms with Crippen LogP contribution in [0, 0.1) is 13.8 Å². The minimum absolute atomic E-state index is 0.121. The molecule has 2 aliphatic rings. The number of sulfonamides is 1. The normalized spacial score (nSPS) is 17.8. The average Bonchev–Trinajstić information content (AvgIpc) is 2.89. The molecule has 1 saturated heterocycles. The number of fused-ring (bicyclic) bond motifs is 1. The summed E-state index contributed by atoms with van der Waals surface area (Å²) in [6.07, 6.45) is 2.66. The van der Waals surface area contributed by atoms with Crippen LogP contribution in [0.5, 0.6) is 5.75 Å². The maximum absolute atomic E-state index is 13.6. The molecule has 0 radical (unpaired) electrons. The van der Waals surface area contributed by atoms with E-state index in [9.17, 15) is 13.2 Å². The molecule has 0 spiro atoms. The lowest BCUT2D eigenvalue weighted by Gasteiger charge is -2.35. The Morgan fingerprint density at radius 3 is 2.25 bits per heavy atom. The molecule has 0 aliphatic carbocycles. The van der Waals surface area contributed by atoms with Crippen molar-refractivity contribution < 1.29 is 17.9 Å². The molecular weight excluding hydrogens is 474 g/mol. The molecule has 3 aromatic carbocycles. The molecule has 2 heterocycles. The van der Waals surface area contributed by atoms with Gasteiger partial charge in [-0.25, -0.2) is 8.42 Å². The molecule has 188 valence electrons. The molecule has 1 fully saturated rings. The Bertz CT molecular complexity index is 1350. The number of anilines is 3. The number of aryl methyl sites for hydroxylation is 2. The number of amides is 1. The van der Waals surface area contributed by atoms with E-state index in [4.69, 9.17) is 4.74 Å². The Kier molecular flexibility index (Phi) is 6.62. The first-order valence-electron chi connectivity index (χ1n) is 12.3. The zero-order valence-corrected chi connectivity index (χ0v) is 21.4. The summed E-state index contributed by atoms with van der Waals surface area (Å²) in [6.45, 7) is 5.78. The first-order chi connectivity index (χ1) is 17.3. The van der Waals surface area contributed by atoms with Gasteiger partial charge in [-0.2, -0.15) is 0 Å². The zero-order chi connectivity index (χ0) is 25.3. The van der Waals surface area contributed by atoms with Crippen LogP contribution >= 0.6 is 0 Å². The molecule has 36 heavy (non-hydrogen) atoms. The van der Waals surface area contributed by atoms with E-state index in [1.54, 1.807) is 36.4 Å². The Morgan fingerprint density at radius 2 is 1.56 bits per heavy atom. The predicted octanol–water partition coefficient (Wildman–Crippen LogP) is 4.89. The van der Waals surface area contributed by atoms with Crippen molar-refractivity contribution in [3.8, 4) is 5.75 Å². The van der Waals surface area contributed by atoms with E-state index < -0.39 is 22.0 Å². The average molecular weight is 506 g/mol. The molecule has 0 saturated carbocycles. The maximum Gasteiger partial charge on any atom is 0.267 e. The molecule has 1 unspecified atom stereocenters. The molecule has 0 aromatic heterocycles. The topological polar surface area (TPSA) is 79.0 Å². The summed E-state index contributed by atoms with van der Waals surface area (Å²) >= 11 is 0. The van der Waals surface area contributed by atoms with Gasteiger partial charge in [0.2, 0.25) is 0 Å². The largest absolute Gasteiger partial charge is 0.476 e. The lowest BCUT2D eigenvalue weighted by Crippen LogP contribution is -2.48. The van der Waals surface area contributed by atoms with E-state index in [0.717, 1.165) is 29.9 Å².